The van der Waals surface area contributed by atoms with Crippen LogP contribution in [0.1, 0.15) is 19.8 Å². The van der Waals surface area contributed by atoms with Gasteiger partial charge in [-0.1, -0.05) is 17.7 Å². The van der Waals surface area contributed by atoms with Crippen molar-refractivity contribution in [2.24, 2.45) is 0 Å². The van der Waals surface area contributed by atoms with E-state index < -0.39 is 0 Å². The fourth-order valence-corrected chi connectivity index (χ4v) is 2.28. The minimum atomic E-state index is 0.511. The molecule has 88 valence electrons. The number of nitrogens with one attached hydrogen (secondary N) is 1. The summed E-state index contributed by atoms with van der Waals surface area (Å²) in [7, 11) is 2.18. The second-order valence-corrected chi connectivity index (χ2v) is 4.93. The number of pyridine rings is 1. The average molecular weight is 240 g/mol. The Hall–Kier alpha value is -0.800. The number of rotatable bonds is 2. The van der Waals surface area contributed by atoms with Gasteiger partial charge in [-0.2, -0.15) is 0 Å². The van der Waals surface area contributed by atoms with Gasteiger partial charge in [-0.05, 0) is 38.9 Å². The molecule has 2 atom stereocenters. The molecule has 0 saturated carbocycles. The summed E-state index contributed by atoms with van der Waals surface area (Å²) in [5, 5.41) is 4.00. The Kier molecular flexibility index (Phi) is 3.66. The summed E-state index contributed by atoms with van der Waals surface area (Å²) < 4.78 is 0. The van der Waals surface area contributed by atoms with Crippen LogP contribution in [0.25, 0.3) is 0 Å². The Morgan fingerprint density at radius 3 is 3.00 bits per heavy atom. The van der Waals surface area contributed by atoms with E-state index in [1.54, 1.807) is 6.07 Å². The van der Waals surface area contributed by atoms with Crippen LogP contribution >= 0.6 is 11.6 Å². The van der Waals surface area contributed by atoms with Crippen molar-refractivity contribution < 1.29 is 0 Å². The van der Waals surface area contributed by atoms with E-state index in [1.807, 2.05) is 12.1 Å². The Morgan fingerprint density at radius 1 is 1.50 bits per heavy atom. The van der Waals surface area contributed by atoms with E-state index in [0.717, 1.165) is 25.2 Å². The normalized spacial score (nSPS) is 26.7. The second-order valence-electron chi connectivity index (χ2n) is 4.54. The lowest BCUT2D eigenvalue weighted by Crippen LogP contribution is -2.42. The molecule has 1 fully saturated rings. The maximum Gasteiger partial charge on any atom is 0.131 e. The summed E-state index contributed by atoms with van der Waals surface area (Å²) in [6.07, 6.45) is 2.32. The van der Waals surface area contributed by atoms with Crippen molar-refractivity contribution in [3.8, 4) is 0 Å². The van der Waals surface area contributed by atoms with E-state index in [4.69, 9.17) is 11.6 Å². The lowest BCUT2D eigenvalue weighted by atomic mass is 9.99. The van der Waals surface area contributed by atoms with Gasteiger partial charge in [0.05, 0.1) is 0 Å². The molecule has 1 aliphatic rings. The van der Waals surface area contributed by atoms with Crippen LogP contribution in [0.3, 0.4) is 0 Å². The highest BCUT2D eigenvalue weighted by Gasteiger charge is 2.22. The van der Waals surface area contributed by atoms with E-state index in [2.05, 4.69) is 29.2 Å². The number of hydrogen-bond acceptors (Lipinski definition) is 3. The fourth-order valence-electron chi connectivity index (χ4n) is 2.12. The van der Waals surface area contributed by atoms with Crippen LogP contribution in [0.2, 0.25) is 5.15 Å². The van der Waals surface area contributed by atoms with Gasteiger partial charge in [-0.25, -0.2) is 4.98 Å². The number of nitrogens with zero attached hydrogens (tertiary/aromatic N) is 2. The molecule has 1 saturated heterocycles. The van der Waals surface area contributed by atoms with E-state index in [9.17, 15) is 0 Å². The topological polar surface area (TPSA) is 28.2 Å². The highest BCUT2D eigenvalue weighted by molar-refractivity contribution is 6.29. The van der Waals surface area contributed by atoms with E-state index >= 15 is 0 Å². The third kappa shape index (κ3) is 2.86. The van der Waals surface area contributed by atoms with Gasteiger partial charge >= 0.3 is 0 Å². The SMILES string of the molecule is CC1CC(Nc2cccc(Cl)n2)CCN1C. The summed E-state index contributed by atoms with van der Waals surface area (Å²) in [6, 6.07) is 6.83. The first kappa shape index (κ1) is 11.7. The van der Waals surface area contributed by atoms with Crippen molar-refractivity contribution in [3.63, 3.8) is 0 Å². The van der Waals surface area contributed by atoms with Crippen molar-refractivity contribution in [2.45, 2.75) is 31.8 Å². The summed E-state index contributed by atoms with van der Waals surface area (Å²) in [5.41, 5.74) is 0. The standard InChI is InChI=1S/C12H18ClN3/c1-9-8-10(6-7-16(9)2)14-12-5-3-4-11(13)15-12/h3-5,9-10H,6-8H2,1-2H3,(H,14,15). The zero-order chi connectivity index (χ0) is 11.5. The quantitative estimate of drug-likeness (QED) is 0.805. The van der Waals surface area contributed by atoms with Crippen LogP contribution in [0.4, 0.5) is 5.82 Å². The van der Waals surface area contributed by atoms with Crippen molar-refractivity contribution in [3.05, 3.63) is 23.4 Å². The maximum absolute atomic E-state index is 5.86. The Bertz CT molecular complexity index is 356. The van der Waals surface area contributed by atoms with Gasteiger partial charge < -0.3 is 10.2 Å². The molecule has 1 aromatic heterocycles. The largest absolute Gasteiger partial charge is 0.367 e. The molecule has 0 bridgehead atoms. The summed E-state index contributed by atoms with van der Waals surface area (Å²) >= 11 is 5.86. The van der Waals surface area contributed by atoms with Crippen molar-refractivity contribution in [1.29, 1.82) is 0 Å². The maximum atomic E-state index is 5.86. The lowest BCUT2D eigenvalue weighted by Gasteiger charge is -2.35. The van der Waals surface area contributed by atoms with E-state index in [1.165, 1.54) is 0 Å². The molecule has 16 heavy (non-hydrogen) atoms. The first-order valence-electron chi connectivity index (χ1n) is 5.74. The molecule has 0 aliphatic carbocycles. The van der Waals surface area contributed by atoms with Gasteiger partial charge in [0.15, 0.2) is 0 Å². The average Bonchev–Trinajstić information content (AvgIpc) is 2.24. The molecular weight excluding hydrogens is 222 g/mol. The molecule has 0 radical (unpaired) electrons. The molecule has 0 amide bonds. The van der Waals surface area contributed by atoms with Gasteiger partial charge in [0.2, 0.25) is 0 Å². The molecule has 0 spiro atoms. The molecule has 1 N–H and O–H groups in total. The Labute approximate surface area is 102 Å². The minimum absolute atomic E-state index is 0.511. The van der Waals surface area contributed by atoms with Crippen LogP contribution in [0.15, 0.2) is 18.2 Å². The van der Waals surface area contributed by atoms with Crippen molar-refractivity contribution >= 4 is 17.4 Å². The fraction of sp³-hybridized carbons (Fsp3) is 0.583. The summed E-state index contributed by atoms with van der Waals surface area (Å²) in [5.74, 6) is 0.884. The molecule has 3 nitrogen and oxygen atoms in total. The molecular formula is C12H18ClN3. The Morgan fingerprint density at radius 2 is 2.31 bits per heavy atom. The molecule has 2 rings (SSSR count). The number of halogens is 1. The molecule has 2 unspecified atom stereocenters. The van der Waals surface area contributed by atoms with Crippen molar-refractivity contribution in [2.75, 3.05) is 18.9 Å². The number of piperidine rings is 1. The smallest absolute Gasteiger partial charge is 0.131 e. The van der Waals surface area contributed by atoms with Gasteiger partial charge in [-0.3, -0.25) is 0 Å². The van der Waals surface area contributed by atoms with Crippen molar-refractivity contribution in [1.82, 2.24) is 9.88 Å². The van der Waals surface area contributed by atoms with Crippen LogP contribution in [-0.4, -0.2) is 35.6 Å². The lowest BCUT2D eigenvalue weighted by molar-refractivity contribution is 0.190. The minimum Gasteiger partial charge on any atom is -0.367 e. The van der Waals surface area contributed by atoms with Gasteiger partial charge in [-0.15, -0.1) is 0 Å². The molecule has 2 heterocycles. The molecule has 1 aliphatic heterocycles. The van der Waals surface area contributed by atoms with E-state index in [-0.39, 0.29) is 0 Å². The highest BCUT2D eigenvalue weighted by atomic mass is 35.5. The zero-order valence-electron chi connectivity index (χ0n) is 9.78. The zero-order valence-corrected chi connectivity index (χ0v) is 10.5. The first-order valence-corrected chi connectivity index (χ1v) is 6.12. The predicted molar refractivity (Wildman–Crippen MR) is 68.0 cm³/mol. The van der Waals surface area contributed by atoms with Crippen LogP contribution in [-0.2, 0) is 0 Å². The van der Waals surface area contributed by atoms with E-state index in [0.29, 0.717) is 17.2 Å². The number of anilines is 1. The number of hydrogen-bond donors (Lipinski definition) is 1. The predicted octanol–water partition coefficient (Wildman–Crippen LogP) is 2.63. The van der Waals surface area contributed by atoms with Gasteiger partial charge in [0.1, 0.15) is 11.0 Å². The van der Waals surface area contributed by atoms with Gasteiger partial charge in [0, 0.05) is 18.6 Å². The summed E-state index contributed by atoms with van der Waals surface area (Å²) in [6.45, 7) is 3.40. The van der Waals surface area contributed by atoms with Crippen LogP contribution in [0, 0.1) is 0 Å². The van der Waals surface area contributed by atoms with Crippen LogP contribution in [0.5, 0.6) is 0 Å². The molecule has 1 aromatic rings. The molecule has 0 aromatic carbocycles. The third-order valence-corrected chi connectivity index (χ3v) is 3.49. The highest BCUT2D eigenvalue weighted by Crippen LogP contribution is 2.19. The third-order valence-electron chi connectivity index (χ3n) is 3.28. The number of aromatic nitrogens is 1. The van der Waals surface area contributed by atoms with Gasteiger partial charge in [0.25, 0.3) is 0 Å². The Balaban J connectivity index is 1.95. The first-order chi connectivity index (χ1) is 7.65. The number of likely N-dealkylation sites (tertiary alicyclic amines) is 1. The van der Waals surface area contributed by atoms with Crippen LogP contribution < -0.4 is 5.32 Å². The summed E-state index contributed by atoms with van der Waals surface area (Å²) in [4.78, 5) is 6.64. The monoisotopic (exact) mass is 239 g/mol. The molecule has 4 heteroatoms. The second kappa shape index (κ2) is 5.02.